The Morgan fingerprint density at radius 3 is 1.03 bits per heavy atom. The molecule has 0 saturated heterocycles. The van der Waals surface area contributed by atoms with E-state index in [1.165, 1.54) is 0 Å². The van der Waals surface area contributed by atoms with Gasteiger partial charge in [-0.3, -0.25) is 0 Å². The summed E-state index contributed by atoms with van der Waals surface area (Å²) in [5.41, 5.74) is 4.07. The Kier molecular flexibility index (Phi) is 5.67. The second kappa shape index (κ2) is 8.88. The molecule has 0 aliphatic heterocycles. The summed E-state index contributed by atoms with van der Waals surface area (Å²) in [7, 11) is 0. The molecule has 0 bridgehead atoms. The van der Waals surface area contributed by atoms with Gasteiger partial charge in [0, 0.05) is 0 Å². The van der Waals surface area contributed by atoms with Crippen molar-refractivity contribution in [2.75, 3.05) is 0 Å². The predicted octanol–water partition coefficient (Wildman–Crippen LogP) is 5.53. The number of ether oxygens (including phenoxy) is 2. The van der Waals surface area contributed by atoms with Crippen LogP contribution in [0.5, 0.6) is 11.5 Å². The fourth-order valence-electron chi connectivity index (χ4n) is 2.99. The van der Waals surface area contributed by atoms with Crippen LogP contribution in [0.3, 0.4) is 0 Å². The van der Waals surface area contributed by atoms with Crippen molar-refractivity contribution in [3.05, 3.63) is 109 Å². The summed E-state index contributed by atoms with van der Waals surface area (Å²) in [6.45, 7) is 0. The molecule has 4 aromatic rings. The maximum absolute atomic E-state index is 12.1. The fraction of sp³-hybridized carbons (Fsp3) is 0. The Morgan fingerprint density at radius 1 is 0.400 bits per heavy atom. The van der Waals surface area contributed by atoms with Gasteiger partial charge in [0.15, 0.2) is 0 Å². The third-order valence-electron chi connectivity index (χ3n) is 4.51. The van der Waals surface area contributed by atoms with Gasteiger partial charge in [0.05, 0.1) is 0 Å². The van der Waals surface area contributed by atoms with E-state index in [9.17, 15) is 9.59 Å². The van der Waals surface area contributed by atoms with Crippen LogP contribution in [-0.2, 0) is 9.59 Å². The normalized spacial score (nSPS) is 10.3. The van der Waals surface area contributed by atoms with Crippen molar-refractivity contribution < 1.29 is 19.1 Å². The molecule has 0 aliphatic carbocycles. The van der Waals surface area contributed by atoms with Crippen molar-refractivity contribution in [1.29, 1.82) is 0 Å². The van der Waals surface area contributed by atoms with Crippen LogP contribution in [0.25, 0.3) is 22.3 Å². The van der Waals surface area contributed by atoms with Crippen LogP contribution < -0.4 is 9.47 Å². The van der Waals surface area contributed by atoms with E-state index in [1.807, 2.05) is 84.9 Å². The average molecular weight is 394 g/mol. The maximum Gasteiger partial charge on any atom is 0.423 e. The largest absolute Gasteiger partial charge is 0.423 e. The molecule has 4 aromatic carbocycles. The van der Waals surface area contributed by atoms with E-state index in [0.717, 1.165) is 22.3 Å². The van der Waals surface area contributed by atoms with E-state index in [0.29, 0.717) is 0 Å². The minimum atomic E-state index is -1.07. The molecule has 0 radical (unpaired) electrons. The van der Waals surface area contributed by atoms with Crippen LogP contribution in [0, 0.1) is 0 Å². The molecule has 4 heteroatoms. The third-order valence-corrected chi connectivity index (χ3v) is 4.51. The zero-order valence-electron chi connectivity index (χ0n) is 16.0. The number of hydrogen-bond acceptors (Lipinski definition) is 4. The minimum Gasteiger partial charge on any atom is -0.418 e. The first-order valence-electron chi connectivity index (χ1n) is 9.44. The van der Waals surface area contributed by atoms with Crippen LogP contribution in [0.1, 0.15) is 0 Å². The minimum absolute atomic E-state index is 0.274. The van der Waals surface area contributed by atoms with Gasteiger partial charge in [-0.2, -0.15) is 0 Å². The summed E-state index contributed by atoms with van der Waals surface area (Å²) in [6, 6.07) is 33.5. The van der Waals surface area contributed by atoms with Crippen molar-refractivity contribution >= 4 is 11.9 Å². The molecule has 0 saturated carbocycles. The number of rotatable bonds is 4. The molecule has 0 unspecified atom stereocenters. The molecular formula is C26H18O4. The highest BCUT2D eigenvalue weighted by atomic mass is 16.6. The molecule has 0 heterocycles. The van der Waals surface area contributed by atoms with Gasteiger partial charge in [-0.25, -0.2) is 9.59 Å². The first-order chi connectivity index (χ1) is 14.7. The van der Waals surface area contributed by atoms with E-state index >= 15 is 0 Å². The summed E-state index contributed by atoms with van der Waals surface area (Å²) < 4.78 is 10.2. The first-order valence-corrected chi connectivity index (χ1v) is 9.44. The van der Waals surface area contributed by atoms with E-state index in [-0.39, 0.29) is 11.5 Å². The maximum atomic E-state index is 12.1. The van der Waals surface area contributed by atoms with Gasteiger partial charge in [0.2, 0.25) is 0 Å². The van der Waals surface area contributed by atoms with Gasteiger partial charge >= 0.3 is 11.9 Å². The van der Waals surface area contributed by atoms with Crippen molar-refractivity contribution in [1.82, 2.24) is 0 Å². The summed E-state index contributed by atoms with van der Waals surface area (Å²) in [5.74, 6) is -1.60. The fourth-order valence-corrected chi connectivity index (χ4v) is 2.99. The zero-order chi connectivity index (χ0) is 20.8. The zero-order valence-corrected chi connectivity index (χ0v) is 16.0. The van der Waals surface area contributed by atoms with Crippen molar-refractivity contribution in [2.24, 2.45) is 0 Å². The SMILES string of the molecule is O=C(Oc1ccc(-c2ccccc2)cc1)C(=O)Oc1ccc(-c2ccccc2)cc1. The van der Waals surface area contributed by atoms with Gasteiger partial charge < -0.3 is 9.47 Å². The Hall–Kier alpha value is -4.18. The second-order valence-corrected chi connectivity index (χ2v) is 6.56. The quantitative estimate of drug-likeness (QED) is 0.259. The molecule has 146 valence electrons. The number of carbonyl (C=O) groups excluding carboxylic acids is 2. The van der Waals surface area contributed by atoms with E-state index in [4.69, 9.17) is 9.47 Å². The Bertz CT molecular complexity index is 1040. The lowest BCUT2D eigenvalue weighted by molar-refractivity contribution is -0.156. The summed E-state index contributed by atoms with van der Waals surface area (Å²) >= 11 is 0. The van der Waals surface area contributed by atoms with Gasteiger partial charge in [-0.1, -0.05) is 84.9 Å². The number of benzene rings is 4. The van der Waals surface area contributed by atoms with E-state index in [2.05, 4.69) is 0 Å². The topological polar surface area (TPSA) is 52.6 Å². The van der Waals surface area contributed by atoms with E-state index < -0.39 is 11.9 Å². The van der Waals surface area contributed by atoms with Crippen molar-refractivity contribution in [2.45, 2.75) is 0 Å². The number of hydrogen-bond donors (Lipinski definition) is 0. The van der Waals surface area contributed by atoms with Gasteiger partial charge in [0.25, 0.3) is 0 Å². The van der Waals surface area contributed by atoms with Crippen LogP contribution in [0.15, 0.2) is 109 Å². The summed E-state index contributed by atoms with van der Waals surface area (Å²) in [6.07, 6.45) is 0. The molecule has 4 rings (SSSR count). The molecule has 0 atom stereocenters. The Labute approximate surface area is 174 Å². The average Bonchev–Trinajstić information content (AvgIpc) is 2.81. The van der Waals surface area contributed by atoms with Gasteiger partial charge in [-0.05, 0) is 46.5 Å². The monoisotopic (exact) mass is 394 g/mol. The predicted molar refractivity (Wildman–Crippen MR) is 115 cm³/mol. The van der Waals surface area contributed by atoms with Crippen LogP contribution in [0.2, 0.25) is 0 Å². The third kappa shape index (κ3) is 4.62. The molecule has 4 nitrogen and oxygen atoms in total. The van der Waals surface area contributed by atoms with Gasteiger partial charge in [0.1, 0.15) is 11.5 Å². The highest BCUT2D eigenvalue weighted by Crippen LogP contribution is 2.23. The van der Waals surface area contributed by atoms with Crippen molar-refractivity contribution in [3.8, 4) is 33.8 Å². The molecule has 0 fully saturated rings. The number of esters is 2. The molecule has 0 aromatic heterocycles. The van der Waals surface area contributed by atoms with E-state index in [1.54, 1.807) is 24.3 Å². The second-order valence-electron chi connectivity index (χ2n) is 6.56. The smallest absolute Gasteiger partial charge is 0.418 e. The number of carbonyl (C=O) groups is 2. The molecule has 30 heavy (non-hydrogen) atoms. The lowest BCUT2D eigenvalue weighted by Gasteiger charge is -2.07. The van der Waals surface area contributed by atoms with Gasteiger partial charge in [-0.15, -0.1) is 0 Å². The molecule has 0 spiro atoms. The highest BCUT2D eigenvalue weighted by Gasteiger charge is 2.19. The first kappa shape index (κ1) is 19.2. The molecule has 0 amide bonds. The summed E-state index contributed by atoms with van der Waals surface area (Å²) in [5, 5.41) is 0. The summed E-state index contributed by atoms with van der Waals surface area (Å²) in [4.78, 5) is 24.1. The lowest BCUT2D eigenvalue weighted by atomic mass is 10.1. The Morgan fingerprint density at radius 2 is 0.700 bits per heavy atom. The van der Waals surface area contributed by atoms with Crippen LogP contribution in [0.4, 0.5) is 0 Å². The Balaban J connectivity index is 1.36. The molecule has 0 aliphatic rings. The van der Waals surface area contributed by atoms with Crippen LogP contribution >= 0.6 is 0 Å². The molecule has 0 N–H and O–H groups in total. The molecular weight excluding hydrogens is 376 g/mol. The standard InChI is InChI=1S/C26H18O4/c27-25(29-23-15-11-21(12-16-23)19-7-3-1-4-8-19)26(28)30-24-17-13-22(14-18-24)20-9-5-2-6-10-20/h1-18H. The lowest BCUT2D eigenvalue weighted by Crippen LogP contribution is -2.25. The van der Waals surface area contributed by atoms with Crippen LogP contribution in [-0.4, -0.2) is 11.9 Å². The van der Waals surface area contributed by atoms with Crippen molar-refractivity contribution in [3.63, 3.8) is 0 Å². The highest BCUT2D eigenvalue weighted by molar-refractivity contribution is 6.31.